The van der Waals surface area contributed by atoms with Crippen LogP contribution in [-0.4, -0.2) is 83.4 Å². The van der Waals surface area contributed by atoms with Crippen LogP contribution in [0.25, 0.3) is 0 Å². The number of hydrogen-bond donors (Lipinski definition) is 1. The van der Waals surface area contributed by atoms with Crippen LogP contribution in [0.4, 0.5) is 9.93 Å². The van der Waals surface area contributed by atoms with Crippen LogP contribution in [0, 0.1) is 0 Å². The third kappa shape index (κ3) is 4.19. The largest absolute Gasteiger partial charge is 0.477 e. The minimum atomic E-state index is -0.944. The molecule has 3 fully saturated rings. The molecule has 3 heterocycles. The van der Waals surface area contributed by atoms with Gasteiger partial charge in [-0.2, -0.15) is 0 Å². The Balaban J connectivity index is 1.20. The number of aromatic nitrogens is 1. The van der Waals surface area contributed by atoms with Crippen LogP contribution < -0.4 is 4.90 Å². The van der Waals surface area contributed by atoms with Crippen LogP contribution in [0.3, 0.4) is 0 Å². The van der Waals surface area contributed by atoms with E-state index in [1.54, 1.807) is 0 Å². The van der Waals surface area contributed by atoms with Crippen LogP contribution >= 0.6 is 11.3 Å². The highest BCUT2D eigenvalue weighted by Crippen LogP contribution is 2.27. The summed E-state index contributed by atoms with van der Waals surface area (Å²) >= 11 is 1.19. The normalized spacial score (nSPS) is 22.5. The first-order valence-corrected chi connectivity index (χ1v) is 10.6. The Bertz CT molecular complexity index is 677. The summed E-state index contributed by atoms with van der Waals surface area (Å²) in [6.45, 7) is 4.86. The molecule has 0 spiro atoms. The molecule has 1 aliphatic carbocycles. The Morgan fingerprint density at radius 1 is 1.07 bits per heavy atom. The smallest absolute Gasteiger partial charge is 0.410 e. The Morgan fingerprint density at radius 2 is 1.78 bits per heavy atom. The number of ether oxygens (including phenoxy) is 1. The molecule has 1 saturated carbocycles. The van der Waals surface area contributed by atoms with Crippen molar-refractivity contribution in [3.63, 3.8) is 0 Å². The lowest BCUT2D eigenvalue weighted by molar-refractivity contribution is 0.0230. The highest BCUT2D eigenvalue weighted by atomic mass is 32.1. The van der Waals surface area contributed by atoms with E-state index < -0.39 is 5.97 Å². The van der Waals surface area contributed by atoms with Crippen molar-refractivity contribution in [2.45, 2.75) is 44.2 Å². The first-order chi connectivity index (χ1) is 13.1. The lowest BCUT2D eigenvalue weighted by atomic mass is 9.91. The summed E-state index contributed by atoms with van der Waals surface area (Å²) in [6.07, 6.45) is 6.57. The van der Waals surface area contributed by atoms with Crippen LogP contribution in [0.2, 0.25) is 0 Å². The molecular formula is C18H26N4O4S. The molecule has 3 aliphatic rings. The topological polar surface area (TPSA) is 86.2 Å². The molecule has 0 aromatic carbocycles. The zero-order chi connectivity index (χ0) is 18.8. The molecule has 27 heavy (non-hydrogen) atoms. The molecule has 2 aliphatic heterocycles. The standard InChI is InChI=1S/C18H26N4O4S/c23-16(24)15-12-19-17(27-15)21-6-4-14(5-7-21)26-18(25)22-10-8-20(9-11-22)13-2-1-3-13/h12-14H,1-11H2,(H,23,24). The summed E-state index contributed by atoms with van der Waals surface area (Å²) in [5.74, 6) is -0.944. The molecule has 2 saturated heterocycles. The number of amides is 1. The number of carbonyl (C=O) groups is 2. The molecule has 0 unspecified atom stereocenters. The molecule has 148 valence electrons. The molecule has 9 heteroatoms. The minimum absolute atomic E-state index is 0.0719. The van der Waals surface area contributed by atoms with Gasteiger partial charge < -0.3 is 19.6 Å². The molecule has 0 radical (unpaired) electrons. The number of carbonyl (C=O) groups excluding carboxylic acids is 1. The molecule has 0 atom stereocenters. The second-order valence-electron chi connectivity index (χ2n) is 7.49. The summed E-state index contributed by atoms with van der Waals surface area (Å²) in [7, 11) is 0. The lowest BCUT2D eigenvalue weighted by Gasteiger charge is -2.43. The molecular weight excluding hydrogens is 368 g/mol. The quantitative estimate of drug-likeness (QED) is 0.837. The van der Waals surface area contributed by atoms with E-state index in [-0.39, 0.29) is 17.1 Å². The van der Waals surface area contributed by atoms with Gasteiger partial charge in [0.05, 0.1) is 6.20 Å². The third-order valence-electron chi connectivity index (χ3n) is 5.85. The number of carboxylic acid groups (broad SMARTS) is 1. The summed E-state index contributed by atoms with van der Waals surface area (Å²) < 4.78 is 5.73. The van der Waals surface area contributed by atoms with E-state index in [0.29, 0.717) is 0 Å². The van der Waals surface area contributed by atoms with E-state index in [1.165, 1.54) is 36.8 Å². The highest BCUT2D eigenvalue weighted by molar-refractivity contribution is 7.17. The first-order valence-electron chi connectivity index (χ1n) is 9.74. The number of piperazine rings is 1. The summed E-state index contributed by atoms with van der Waals surface area (Å²) in [5, 5.41) is 9.74. The molecule has 1 aromatic rings. The molecule has 4 rings (SSSR count). The second kappa shape index (κ2) is 8.02. The fourth-order valence-electron chi connectivity index (χ4n) is 3.91. The van der Waals surface area contributed by atoms with Crippen molar-refractivity contribution in [2.75, 3.05) is 44.2 Å². The van der Waals surface area contributed by atoms with Gasteiger partial charge in [-0.05, 0) is 12.8 Å². The van der Waals surface area contributed by atoms with Crippen molar-refractivity contribution >= 4 is 28.5 Å². The molecule has 0 bridgehead atoms. The molecule has 8 nitrogen and oxygen atoms in total. The number of hydrogen-bond acceptors (Lipinski definition) is 7. The van der Waals surface area contributed by atoms with Gasteiger partial charge in [0.1, 0.15) is 11.0 Å². The average Bonchev–Trinajstić information content (AvgIpc) is 3.12. The van der Waals surface area contributed by atoms with Crippen molar-refractivity contribution in [2.24, 2.45) is 0 Å². The van der Waals surface area contributed by atoms with E-state index in [1.807, 2.05) is 4.90 Å². The Kier molecular flexibility index (Phi) is 5.49. The number of rotatable bonds is 4. The van der Waals surface area contributed by atoms with Gasteiger partial charge in [-0.15, -0.1) is 0 Å². The fraction of sp³-hybridized carbons (Fsp3) is 0.722. The van der Waals surface area contributed by atoms with Crippen molar-refractivity contribution in [1.82, 2.24) is 14.8 Å². The summed E-state index contributed by atoms with van der Waals surface area (Å²) in [5.41, 5.74) is 0. The zero-order valence-corrected chi connectivity index (χ0v) is 16.2. The predicted octanol–water partition coefficient (Wildman–Crippen LogP) is 2.12. The maximum absolute atomic E-state index is 12.5. The SMILES string of the molecule is O=C(O)c1cnc(N2CCC(OC(=O)N3CCN(C4CCC4)CC3)CC2)s1. The highest BCUT2D eigenvalue weighted by Gasteiger charge is 2.31. The van der Waals surface area contributed by atoms with Gasteiger partial charge in [0.2, 0.25) is 0 Å². The van der Waals surface area contributed by atoms with Crippen molar-refractivity contribution < 1.29 is 19.4 Å². The Labute approximate surface area is 162 Å². The summed E-state index contributed by atoms with van der Waals surface area (Å²) in [6, 6.07) is 0.736. The van der Waals surface area contributed by atoms with Crippen molar-refractivity contribution in [3.8, 4) is 0 Å². The van der Waals surface area contributed by atoms with Crippen LogP contribution in [0.5, 0.6) is 0 Å². The Morgan fingerprint density at radius 3 is 2.33 bits per heavy atom. The van der Waals surface area contributed by atoms with Crippen molar-refractivity contribution in [3.05, 3.63) is 11.1 Å². The monoisotopic (exact) mass is 394 g/mol. The van der Waals surface area contributed by atoms with Crippen LogP contribution in [0.1, 0.15) is 41.8 Å². The number of carboxylic acids is 1. The Hall–Kier alpha value is -1.87. The maximum Gasteiger partial charge on any atom is 0.410 e. The van der Waals surface area contributed by atoms with Crippen LogP contribution in [-0.2, 0) is 4.74 Å². The van der Waals surface area contributed by atoms with Crippen LogP contribution in [0.15, 0.2) is 6.20 Å². The number of piperidine rings is 1. The molecule has 1 aromatic heterocycles. The number of anilines is 1. The third-order valence-corrected chi connectivity index (χ3v) is 6.89. The van der Waals surface area contributed by atoms with Gasteiger partial charge in [-0.1, -0.05) is 17.8 Å². The number of aromatic carboxylic acids is 1. The van der Waals surface area contributed by atoms with E-state index in [4.69, 9.17) is 9.84 Å². The average molecular weight is 394 g/mol. The van der Waals surface area contributed by atoms with Gasteiger partial charge in [0, 0.05) is 58.2 Å². The zero-order valence-electron chi connectivity index (χ0n) is 15.4. The fourth-order valence-corrected chi connectivity index (χ4v) is 4.72. The van der Waals surface area contributed by atoms with Gasteiger partial charge in [-0.25, -0.2) is 14.6 Å². The number of nitrogens with zero attached hydrogens (tertiary/aromatic N) is 4. The van der Waals surface area contributed by atoms with E-state index >= 15 is 0 Å². The first kappa shape index (κ1) is 18.5. The molecule has 1 amide bonds. The van der Waals surface area contributed by atoms with Crippen molar-refractivity contribution in [1.29, 1.82) is 0 Å². The molecule has 1 N–H and O–H groups in total. The van der Waals surface area contributed by atoms with E-state index in [9.17, 15) is 9.59 Å². The lowest BCUT2D eigenvalue weighted by Crippen LogP contribution is -2.54. The van der Waals surface area contributed by atoms with E-state index in [0.717, 1.165) is 63.3 Å². The minimum Gasteiger partial charge on any atom is -0.477 e. The maximum atomic E-state index is 12.5. The number of thiazole rings is 1. The van der Waals surface area contributed by atoms with Gasteiger partial charge in [0.25, 0.3) is 0 Å². The second-order valence-corrected chi connectivity index (χ2v) is 8.50. The predicted molar refractivity (Wildman–Crippen MR) is 102 cm³/mol. The van der Waals surface area contributed by atoms with Gasteiger partial charge in [-0.3, -0.25) is 4.90 Å². The summed E-state index contributed by atoms with van der Waals surface area (Å²) in [4.78, 5) is 34.3. The van der Waals surface area contributed by atoms with Gasteiger partial charge >= 0.3 is 12.1 Å². The van der Waals surface area contributed by atoms with Gasteiger partial charge in [0.15, 0.2) is 5.13 Å². The van der Waals surface area contributed by atoms with E-state index in [2.05, 4.69) is 14.8 Å².